The number of anilines is 1. The number of hydrogen-bond acceptors (Lipinski definition) is 6. The van der Waals surface area contributed by atoms with Gasteiger partial charge in [0.15, 0.2) is 5.15 Å². The number of primary sulfonamides is 1. The molecule has 0 fully saturated rings. The zero-order valence-corrected chi connectivity index (χ0v) is 14.2. The van der Waals surface area contributed by atoms with Crippen molar-refractivity contribution in [2.24, 2.45) is 5.14 Å². The lowest BCUT2D eigenvalue weighted by atomic mass is 10.1. The summed E-state index contributed by atoms with van der Waals surface area (Å²) in [6, 6.07) is 8.24. The number of nitriles is 1. The minimum atomic E-state index is -3.71. The van der Waals surface area contributed by atoms with Crippen LogP contribution in [-0.4, -0.2) is 19.8 Å². The predicted molar refractivity (Wildman–Crippen MR) is 86.5 cm³/mol. The van der Waals surface area contributed by atoms with Crippen LogP contribution in [0, 0.1) is 11.3 Å². The van der Waals surface area contributed by atoms with E-state index in [0.717, 1.165) is 17.1 Å². The van der Waals surface area contributed by atoms with E-state index < -0.39 is 10.0 Å². The highest BCUT2D eigenvalue weighted by atomic mass is 35.5. The predicted octanol–water partition coefficient (Wildman–Crippen LogP) is 2.51. The largest absolute Gasteiger partial charge is 0.357 e. The summed E-state index contributed by atoms with van der Waals surface area (Å²) in [6.45, 7) is 1.93. The molecular formula is C13H13ClN4O2S2. The van der Waals surface area contributed by atoms with Gasteiger partial charge < -0.3 is 4.90 Å². The number of aromatic nitrogens is 1. The Morgan fingerprint density at radius 1 is 1.41 bits per heavy atom. The van der Waals surface area contributed by atoms with Crippen molar-refractivity contribution in [2.75, 3.05) is 11.9 Å². The monoisotopic (exact) mass is 356 g/mol. The quantitative estimate of drug-likeness (QED) is 0.907. The first-order valence-corrected chi connectivity index (χ1v) is 8.86. The molecule has 0 aliphatic rings. The Labute approximate surface area is 138 Å². The van der Waals surface area contributed by atoms with Crippen LogP contribution in [0.25, 0.3) is 0 Å². The van der Waals surface area contributed by atoms with Gasteiger partial charge >= 0.3 is 0 Å². The van der Waals surface area contributed by atoms with Crippen LogP contribution in [-0.2, 0) is 10.0 Å². The second-order valence-electron chi connectivity index (χ2n) is 4.67. The molecule has 0 spiro atoms. The van der Waals surface area contributed by atoms with Crippen LogP contribution in [0.4, 0.5) is 5.00 Å². The van der Waals surface area contributed by atoms with E-state index in [1.807, 2.05) is 24.9 Å². The zero-order chi connectivity index (χ0) is 16.5. The molecule has 0 saturated carbocycles. The number of nitrogens with two attached hydrogens (primary N) is 1. The van der Waals surface area contributed by atoms with Crippen LogP contribution in [0.1, 0.15) is 24.1 Å². The summed E-state index contributed by atoms with van der Waals surface area (Å²) in [5, 5.41) is 15.1. The Bertz CT molecular complexity index is 825. The molecule has 1 heterocycles. The summed E-state index contributed by atoms with van der Waals surface area (Å²) in [5.74, 6) is 0. The Kier molecular flexibility index (Phi) is 4.72. The number of halogens is 1. The van der Waals surface area contributed by atoms with Gasteiger partial charge in [0.25, 0.3) is 0 Å². The number of rotatable bonds is 4. The van der Waals surface area contributed by atoms with E-state index in [0.29, 0.717) is 10.6 Å². The Hall–Kier alpha value is -1.66. The van der Waals surface area contributed by atoms with Crippen LogP contribution < -0.4 is 10.0 Å². The summed E-state index contributed by atoms with van der Waals surface area (Å²) in [7, 11) is -1.88. The summed E-state index contributed by atoms with van der Waals surface area (Å²) >= 11 is 7.03. The van der Waals surface area contributed by atoms with Crippen molar-refractivity contribution in [3.05, 3.63) is 40.5 Å². The van der Waals surface area contributed by atoms with Gasteiger partial charge in [-0.05, 0) is 36.2 Å². The van der Waals surface area contributed by atoms with Crippen LogP contribution in [0.15, 0.2) is 29.2 Å². The number of nitrogens with zero attached hydrogens (tertiary/aromatic N) is 3. The molecule has 0 aliphatic carbocycles. The molecular weight excluding hydrogens is 344 g/mol. The fourth-order valence-electron chi connectivity index (χ4n) is 1.93. The molecule has 0 amide bonds. The van der Waals surface area contributed by atoms with Gasteiger partial charge in [-0.2, -0.15) is 9.64 Å². The maximum absolute atomic E-state index is 11.3. The molecule has 0 aliphatic heterocycles. The van der Waals surface area contributed by atoms with Gasteiger partial charge in [-0.3, -0.25) is 0 Å². The van der Waals surface area contributed by atoms with Crippen LogP contribution in [0.2, 0.25) is 5.15 Å². The van der Waals surface area contributed by atoms with E-state index in [2.05, 4.69) is 4.37 Å². The first-order valence-electron chi connectivity index (χ1n) is 6.16. The Balaban J connectivity index is 2.31. The highest BCUT2D eigenvalue weighted by Gasteiger charge is 2.21. The molecule has 9 heteroatoms. The van der Waals surface area contributed by atoms with Crippen LogP contribution in [0.3, 0.4) is 0 Å². The van der Waals surface area contributed by atoms with Gasteiger partial charge in [-0.15, -0.1) is 0 Å². The summed E-state index contributed by atoms with van der Waals surface area (Å²) in [6.07, 6.45) is 0. The van der Waals surface area contributed by atoms with Crippen molar-refractivity contribution >= 4 is 38.2 Å². The molecule has 2 aromatic rings. The first-order chi connectivity index (χ1) is 10.3. The van der Waals surface area contributed by atoms with Crippen molar-refractivity contribution in [3.63, 3.8) is 0 Å². The maximum atomic E-state index is 11.3. The molecule has 2 N–H and O–H groups in total. The second-order valence-corrected chi connectivity index (χ2v) is 7.34. The smallest absolute Gasteiger partial charge is 0.238 e. The molecule has 1 aromatic carbocycles. The van der Waals surface area contributed by atoms with Gasteiger partial charge in [0, 0.05) is 7.05 Å². The van der Waals surface area contributed by atoms with E-state index in [1.165, 1.54) is 12.1 Å². The van der Waals surface area contributed by atoms with Crippen molar-refractivity contribution in [1.29, 1.82) is 5.26 Å². The minimum Gasteiger partial charge on any atom is -0.357 e. The highest BCUT2D eigenvalue weighted by Crippen LogP contribution is 2.35. The number of hydrogen-bond donors (Lipinski definition) is 1. The molecule has 1 unspecified atom stereocenters. The molecule has 0 radical (unpaired) electrons. The van der Waals surface area contributed by atoms with E-state index >= 15 is 0 Å². The lowest BCUT2D eigenvalue weighted by Gasteiger charge is -2.25. The van der Waals surface area contributed by atoms with E-state index in [1.54, 1.807) is 12.1 Å². The molecule has 22 heavy (non-hydrogen) atoms. The van der Waals surface area contributed by atoms with Crippen molar-refractivity contribution in [3.8, 4) is 6.07 Å². The molecule has 1 atom stereocenters. The van der Waals surface area contributed by atoms with E-state index in [4.69, 9.17) is 22.0 Å². The van der Waals surface area contributed by atoms with Gasteiger partial charge in [0.2, 0.25) is 10.0 Å². The highest BCUT2D eigenvalue weighted by molar-refractivity contribution is 7.89. The lowest BCUT2D eigenvalue weighted by Crippen LogP contribution is -2.21. The number of sulfonamides is 1. The van der Waals surface area contributed by atoms with Crippen LogP contribution in [0.5, 0.6) is 0 Å². The summed E-state index contributed by atoms with van der Waals surface area (Å²) in [5.41, 5.74) is 1.21. The van der Waals surface area contributed by atoms with E-state index in [9.17, 15) is 8.42 Å². The lowest BCUT2D eigenvalue weighted by molar-refractivity contribution is 0.597. The van der Waals surface area contributed by atoms with Gasteiger partial charge in [-0.1, -0.05) is 23.7 Å². The van der Waals surface area contributed by atoms with Gasteiger partial charge in [0.05, 0.1) is 10.9 Å². The second kappa shape index (κ2) is 6.22. The summed E-state index contributed by atoms with van der Waals surface area (Å²) < 4.78 is 26.5. The van der Waals surface area contributed by atoms with Crippen molar-refractivity contribution in [1.82, 2.24) is 4.37 Å². The maximum Gasteiger partial charge on any atom is 0.238 e. The average molecular weight is 357 g/mol. The van der Waals surface area contributed by atoms with Crippen molar-refractivity contribution < 1.29 is 8.42 Å². The molecule has 116 valence electrons. The summed E-state index contributed by atoms with van der Waals surface area (Å²) in [4.78, 5) is 1.93. The number of benzene rings is 1. The molecule has 6 nitrogen and oxygen atoms in total. The Morgan fingerprint density at radius 2 is 2.00 bits per heavy atom. The van der Waals surface area contributed by atoms with Gasteiger partial charge in [0.1, 0.15) is 16.6 Å². The molecule has 2 rings (SSSR count). The average Bonchev–Trinajstić information content (AvgIpc) is 2.85. The third-order valence-corrected chi connectivity index (χ3v) is 5.58. The Morgan fingerprint density at radius 3 is 2.50 bits per heavy atom. The fraction of sp³-hybridized carbons (Fsp3) is 0.231. The topological polar surface area (TPSA) is 100 Å². The van der Waals surface area contributed by atoms with Crippen molar-refractivity contribution in [2.45, 2.75) is 17.9 Å². The third kappa shape index (κ3) is 3.23. The first kappa shape index (κ1) is 16.7. The van der Waals surface area contributed by atoms with Crippen LogP contribution >= 0.6 is 23.1 Å². The molecule has 1 aromatic heterocycles. The standard InChI is InChI=1S/C13H13ClN4O2S2/c1-8(9-3-5-10(6-4-9)22(16,19)20)18(2)13-11(7-15)12(14)17-21-13/h3-6,8H,1-2H3,(H2,16,19,20). The molecule has 0 saturated heterocycles. The minimum absolute atomic E-state index is 0.0599. The van der Waals surface area contributed by atoms with Gasteiger partial charge in [-0.25, -0.2) is 13.6 Å². The SMILES string of the molecule is CC(c1ccc(S(N)(=O)=O)cc1)N(C)c1snc(Cl)c1C#N. The normalized spacial score (nSPS) is 12.7. The fourth-order valence-corrected chi connectivity index (χ4v) is 3.52. The molecule has 0 bridgehead atoms. The third-order valence-electron chi connectivity index (χ3n) is 3.34. The van der Waals surface area contributed by atoms with E-state index in [-0.39, 0.29) is 16.1 Å². The zero-order valence-electron chi connectivity index (χ0n) is 11.8.